The molecule has 12 nitrogen and oxygen atoms in total. The Balaban J connectivity index is 0.000000114. The van der Waals surface area contributed by atoms with Gasteiger partial charge in [0.15, 0.2) is 0 Å². The van der Waals surface area contributed by atoms with Gasteiger partial charge in [0.25, 0.3) is 0 Å². The van der Waals surface area contributed by atoms with Gasteiger partial charge in [-0.3, -0.25) is 24.1 Å². The summed E-state index contributed by atoms with van der Waals surface area (Å²) in [6.07, 6.45) is 19.7. The van der Waals surface area contributed by atoms with Gasteiger partial charge in [-0.25, -0.2) is 0 Å². The molecule has 16 heteroatoms. The molecule has 4 aliphatic heterocycles. The second-order valence-electron chi connectivity index (χ2n) is 29.4. The van der Waals surface area contributed by atoms with Gasteiger partial charge in [0.2, 0.25) is 0 Å². The van der Waals surface area contributed by atoms with Crippen LogP contribution in [0.3, 0.4) is 0 Å². The number of carbonyl (C=O) groups excluding carboxylic acids is 4. The molecule has 8 aromatic rings. The van der Waals surface area contributed by atoms with Gasteiger partial charge < -0.3 is 34.6 Å². The summed E-state index contributed by atoms with van der Waals surface area (Å²) in [7, 11) is 6.83. The first-order valence-corrected chi connectivity index (χ1v) is 39.7. The number of nitrogens with zero attached hydrogens (tertiary/aromatic N) is 4. The zero-order valence-corrected chi connectivity index (χ0v) is 60.0. The first-order chi connectivity index (χ1) is 45.6. The molecule has 0 saturated carbocycles. The van der Waals surface area contributed by atoms with E-state index in [1.165, 1.54) is 134 Å². The van der Waals surface area contributed by atoms with E-state index in [1.807, 2.05) is 11.8 Å². The minimum Gasteiger partial charge on any atom is -0.361 e. The van der Waals surface area contributed by atoms with E-state index < -0.39 is 0 Å². The van der Waals surface area contributed by atoms with Crippen molar-refractivity contribution in [2.75, 3.05) is 99.9 Å². The average molecular weight is 1340 g/mol. The summed E-state index contributed by atoms with van der Waals surface area (Å²) in [6, 6.07) is 29.4. The van der Waals surface area contributed by atoms with E-state index in [0.717, 1.165) is 61.9 Å². The molecule has 4 aliphatic carbocycles. The summed E-state index contributed by atoms with van der Waals surface area (Å²) >= 11 is 7.24. The summed E-state index contributed by atoms with van der Waals surface area (Å²) in [6.45, 7) is 14.9. The number of ketones is 4. The van der Waals surface area contributed by atoms with Crippen molar-refractivity contribution in [3.05, 3.63) is 142 Å². The van der Waals surface area contributed by atoms with E-state index in [0.29, 0.717) is 100 Å². The first-order valence-electron chi connectivity index (χ1n) is 35.1. The molecule has 94 heavy (non-hydrogen) atoms. The van der Waals surface area contributed by atoms with Crippen molar-refractivity contribution in [1.82, 2.24) is 39.5 Å². The lowest BCUT2D eigenvalue weighted by Crippen LogP contribution is -2.50. The van der Waals surface area contributed by atoms with Crippen molar-refractivity contribution >= 4 is 114 Å². The Labute approximate surface area is 574 Å². The van der Waals surface area contributed by atoms with Crippen LogP contribution < -0.4 is 0 Å². The number of aromatic amines is 4. The van der Waals surface area contributed by atoms with Crippen LogP contribution in [0, 0.1) is 23.7 Å². The molecule has 4 saturated heterocycles. The maximum atomic E-state index is 11.3. The first kappa shape index (κ1) is 67.5. The zero-order valence-electron chi connectivity index (χ0n) is 56.8. The second kappa shape index (κ2) is 30.0. The van der Waals surface area contributed by atoms with E-state index in [-0.39, 0.29) is 17.3 Å². The standard InChI is InChI=1S/C21H28N2OS.3C19H24N2OS/c1-3-7-23-11-15(13-25-12-14(2)24)8-18-17-5-4-6-19-21(17)16(10-22-19)9-20(18)23;3*1-12(22)10-23-11-13-6-16-15-4-3-5-17-19(15)14(8-20-17)7-18(16)21(2)9-13/h4-6,10,15,18,20,22H,3,7-9,11-13H2,1-2H3;3*3-5,8,13,16,18,20H,6-7,9-11H2,1-2H3/t15-,18-,20-;3*13-,16-,18-/m1111/s1. The molecule has 0 radical (unpaired) electrons. The highest BCUT2D eigenvalue weighted by molar-refractivity contribution is 8.00. The van der Waals surface area contributed by atoms with Crippen LogP contribution in [0.2, 0.25) is 0 Å². The molecule has 16 rings (SSSR count). The molecule has 500 valence electrons. The SMILES string of the molecule is CC(=O)CSC[C@@H]1C[C@@H]2c3cccc4[nH]cc(c34)C[C@H]2N(C)C1.CC(=O)CSC[C@@H]1C[C@@H]2c3cccc4[nH]cc(c34)C[C@H]2N(C)C1.CC(=O)CSC[C@@H]1C[C@@H]2c3cccc4[nH]cc(c34)C[C@H]2N(C)C1.CCCN1C[C@H](CSCC(C)=O)C[C@@H]2c3cccc4[nH]cc(c34)C[C@H]21. The summed E-state index contributed by atoms with van der Waals surface area (Å²) in [5.74, 6) is 13.5. The van der Waals surface area contributed by atoms with Gasteiger partial charge in [-0.15, -0.1) is 0 Å². The van der Waals surface area contributed by atoms with E-state index in [1.54, 1.807) is 68.5 Å². The van der Waals surface area contributed by atoms with E-state index in [2.05, 4.69) is 165 Å². The summed E-state index contributed by atoms with van der Waals surface area (Å²) in [4.78, 5) is 69.0. The Bertz CT molecular complexity index is 3700. The molecular formula is C78H100N8O4S4. The Kier molecular flexibility index (Phi) is 21.5. The van der Waals surface area contributed by atoms with Gasteiger partial charge in [-0.1, -0.05) is 55.5 Å². The molecule has 4 aromatic heterocycles. The fourth-order valence-corrected chi connectivity index (χ4v) is 22.5. The van der Waals surface area contributed by atoms with Gasteiger partial charge in [0.05, 0.1) is 23.0 Å². The quantitative estimate of drug-likeness (QED) is 0.0649. The zero-order chi connectivity index (χ0) is 65.3. The molecule has 0 bridgehead atoms. The fraction of sp³-hybridized carbons (Fsp3) is 0.538. The third-order valence-corrected chi connectivity index (χ3v) is 27.5. The molecule has 0 unspecified atom stereocenters. The Morgan fingerprint density at radius 3 is 0.936 bits per heavy atom. The molecule has 4 N–H and O–H groups in total. The van der Waals surface area contributed by atoms with Crippen molar-refractivity contribution in [2.45, 2.75) is 140 Å². The van der Waals surface area contributed by atoms with Crippen LogP contribution in [-0.2, 0) is 44.9 Å². The van der Waals surface area contributed by atoms with Crippen LogP contribution in [0.1, 0.15) is 135 Å². The van der Waals surface area contributed by atoms with Crippen LogP contribution >= 0.6 is 47.0 Å². The number of aromatic nitrogens is 4. The largest absolute Gasteiger partial charge is 0.361 e. The van der Waals surface area contributed by atoms with Crippen LogP contribution in [0.25, 0.3) is 43.6 Å². The predicted molar refractivity (Wildman–Crippen MR) is 398 cm³/mol. The van der Waals surface area contributed by atoms with Crippen molar-refractivity contribution < 1.29 is 19.2 Å². The number of carbonyl (C=O) groups is 4. The smallest absolute Gasteiger partial charge is 0.139 e. The number of H-pyrrole nitrogens is 4. The Morgan fingerprint density at radius 2 is 0.660 bits per heavy atom. The number of hydrogen-bond acceptors (Lipinski definition) is 12. The molecule has 4 fully saturated rings. The summed E-state index contributed by atoms with van der Waals surface area (Å²) in [5.41, 5.74) is 17.2. The van der Waals surface area contributed by atoms with Gasteiger partial charge in [-0.05, 0) is 229 Å². The minimum absolute atomic E-state index is 0.288. The molecule has 0 amide bonds. The number of fused-ring (bicyclic) bond motifs is 8. The molecule has 4 aromatic carbocycles. The summed E-state index contributed by atoms with van der Waals surface area (Å²) in [5, 5.41) is 5.90. The van der Waals surface area contributed by atoms with Gasteiger partial charge in [0.1, 0.15) is 23.1 Å². The Hall–Kier alpha value is -5.04. The third kappa shape index (κ3) is 14.6. The minimum atomic E-state index is 0.288. The number of hydrogen-bond donors (Lipinski definition) is 4. The van der Waals surface area contributed by atoms with Crippen molar-refractivity contribution in [1.29, 1.82) is 0 Å². The highest BCUT2D eigenvalue weighted by atomic mass is 32.2. The van der Waals surface area contributed by atoms with Crippen LogP contribution in [0.15, 0.2) is 97.6 Å². The third-order valence-electron chi connectivity index (χ3n) is 22.2. The van der Waals surface area contributed by atoms with Crippen LogP contribution in [0.4, 0.5) is 0 Å². The maximum Gasteiger partial charge on any atom is 0.139 e. The topological polar surface area (TPSA) is 144 Å². The number of likely N-dealkylation sites (tertiary alicyclic amines) is 4. The molecular weight excluding hydrogens is 1240 g/mol. The second-order valence-corrected chi connectivity index (χ2v) is 33.6. The molecule has 12 atom stereocenters. The maximum absolute atomic E-state index is 11.3. The van der Waals surface area contributed by atoms with E-state index in [9.17, 15) is 19.2 Å². The number of likely N-dealkylation sites (N-methyl/N-ethyl adjacent to an activating group) is 3. The number of piperidine rings is 4. The van der Waals surface area contributed by atoms with Gasteiger partial charge in [-0.2, -0.15) is 47.0 Å². The fourth-order valence-electron chi connectivity index (χ4n) is 18.6. The molecule has 8 aliphatic rings. The van der Waals surface area contributed by atoms with Gasteiger partial charge >= 0.3 is 0 Å². The lowest BCUT2D eigenvalue weighted by molar-refractivity contribution is -0.115. The highest BCUT2D eigenvalue weighted by Crippen LogP contribution is 2.49. The van der Waals surface area contributed by atoms with Crippen molar-refractivity contribution in [2.24, 2.45) is 23.7 Å². The van der Waals surface area contributed by atoms with Crippen molar-refractivity contribution in [3.63, 3.8) is 0 Å². The number of benzene rings is 4. The highest BCUT2D eigenvalue weighted by Gasteiger charge is 2.44. The molecule has 0 spiro atoms. The van der Waals surface area contributed by atoms with E-state index in [4.69, 9.17) is 0 Å². The number of nitrogens with one attached hydrogen (secondary N) is 4. The summed E-state index contributed by atoms with van der Waals surface area (Å²) < 4.78 is 0. The number of Topliss-reactive ketones (excluding diaryl/α,β-unsaturated/α-hetero) is 4. The van der Waals surface area contributed by atoms with Crippen molar-refractivity contribution in [3.8, 4) is 0 Å². The Morgan fingerprint density at radius 1 is 0.394 bits per heavy atom. The van der Waals surface area contributed by atoms with Gasteiger partial charge in [0, 0.05) is 142 Å². The normalized spacial score (nSPS) is 26.8. The lowest BCUT2D eigenvalue weighted by Gasteiger charge is -2.47. The van der Waals surface area contributed by atoms with Crippen LogP contribution in [0.5, 0.6) is 0 Å². The predicted octanol–water partition coefficient (Wildman–Crippen LogP) is 14.6. The molecule has 8 heterocycles. The van der Waals surface area contributed by atoms with Crippen LogP contribution in [-0.4, -0.2) is 187 Å². The number of thioether (sulfide) groups is 4. The lowest BCUT2D eigenvalue weighted by atomic mass is 9.72. The van der Waals surface area contributed by atoms with E-state index >= 15 is 0 Å². The average Bonchev–Trinajstić information content (AvgIpc) is 1.47. The number of rotatable bonds is 18. The monoisotopic (exact) mass is 1340 g/mol.